The van der Waals surface area contributed by atoms with Crippen LogP contribution in [0.5, 0.6) is 0 Å². The molecule has 0 saturated carbocycles. The highest BCUT2D eigenvalue weighted by molar-refractivity contribution is 5.53. The second kappa shape index (κ2) is 6.22. The summed E-state index contributed by atoms with van der Waals surface area (Å²) in [4.78, 5) is 2.22. The van der Waals surface area contributed by atoms with Crippen molar-refractivity contribution in [3.8, 4) is 0 Å². The van der Waals surface area contributed by atoms with Gasteiger partial charge in [0.05, 0.1) is 0 Å². The molecule has 18 heavy (non-hydrogen) atoms. The fourth-order valence-corrected chi connectivity index (χ4v) is 2.16. The molecule has 0 aliphatic heterocycles. The van der Waals surface area contributed by atoms with Crippen molar-refractivity contribution in [1.82, 2.24) is 0 Å². The molecule has 2 nitrogen and oxygen atoms in total. The summed E-state index contributed by atoms with van der Waals surface area (Å²) in [7, 11) is 2.09. The molecule has 2 heteroatoms. The third-order valence-electron chi connectivity index (χ3n) is 3.05. The highest BCUT2D eigenvalue weighted by Crippen LogP contribution is 2.21. The van der Waals surface area contributed by atoms with Crippen LogP contribution in [-0.2, 0) is 13.0 Å². The van der Waals surface area contributed by atoms with Gasteiger partial charge in [-0.15, -0.1) is 0 Å². The molecule has 0 amide bonds. The van der Waals surface area contributed by atoms with Crippen molar-refractivity contribution >= 4 is 5.69 Å². The van der Waals surface area contributed by atoms with E-state index in [-0.39, 0.29) is 6.61 Å². The Bertz CT molecular complexity index is 481. The van der Waals surface area contributed by atoms with Gasteiger partial charge in [-0.3, -0.25) is 0 Å². The number of aliphatic hydroxyl groups is 1. The van der Waals surface area contributed by atoms with E-state index in [1.807, 2.05) is 18.2 Å². The van der Waals surface area contributed by atoms with Gasteiger partial charge < -0.3 is 10.0 Å². The lowest BCUT2D eigenvalue weighted by Gasteiger charge is -2.22. The Hall–Kier alpha value is -1.80. The maximum absolute atomic E-state index is 9.10. The molecule has 94 valence electrons. The monoisotopic (exact) mass is 241 g/mol. The number of aliphatic hydroxyl groups excluding tert-OH is 1. The summed E-state index contributed by atoms with van der Waals surface area (Å²) in [6, 6.07) is 18.6. The Balaban J connectivity index is 2.16. The number of hydrogen-bond acceptors (Lipinski definition) is 2. The second-order valence-electron chi connectivity index (χ2n) is 4.44. The minimum absolute atomic E-state index is 0.191. The van der Waals surface area contributed by atoms with Crippen LogP contribution in [0.3, 0.4) is 0 Å². The molecule has 0 fully saturated rings. The fourth-order valence-electron chi connectivity index (χ4n) is 2.16. The van der Waals surface area contributed by atoms with E-state index in [2.05, 4.69) is 48.3 Å². The van der Waals surface area contributed by atoms with Gasteiger partial charge in [0.25, 0.3) is 0 Å². The predicted molar refractivity (Wildman–Crippen MR) is 75.8 cm³/mol. The number of anilines is 1. The highest BCUT2D eigenvalue weighted by Gasteiger charge is 2.06. The van der Waals surface area contributed by atoms with E-state index in [4.69, 9.17) is 5.11 Å². The van der Waals surface area contributed by atoms with Crippen LogP contribution in [-0.4, -0.2) is 18.8 Å². The molecule has 0 aromatic heterocycles. The van der Waals surface area contributed by atoms with E-state index in [1.165, 1.54) is 16.8 Å². The second-order valence-corrected chi connectivity index (χ2v) is 4.44. The molecule has 0 spiro atoms. The zero-order valence-electron chi connectivity index (χ0n) is 10.7. The summed E-state index contributed by atoms with van der Waals surface area (Å²) >= 11 is 0. The number of para-hydroxylation sites is 1. The van der Waals surface area contributed by atoms with E-state index >= 15 is 0 Å². The Morgan fingerprint density at radius 1 is 0.944 bits per heavy atom. The number of nitrogens with zero attached hydrogens (tertiary/aromatic N) is 1. The van der Waals surface area contributed by atoms with E-state index in [0.717, 1.165) is 6.54 Å². The van der Waals surface area contributed by atoms with Crippen LogP contribution in [0.2, 0.25) is 0 Å². The maximum Gasteiger partial charge on any atom is 0.0472 e. The average molecular weight is 241 g/mol. The minimum Gasteiger partial charge on any atom is -0.396 e. The van der Waals surface area contributed by atoms with Crippen molar-refractivity contribution in [2.45, 2.75) is 13.0 Å². The largest absolute Gasteiger partial charge is 0.396 e. The normalized spacial score (nSPS) is 10.3. The quantitative estimate of drug-likeness (QED) is 0.870. The first kappa shape index (κ1) is 12.7. The van der Waals surface area contributed by atoms with Gasteiger partial charge in [-0.25, -0.2) is 0 Å². The molecular formula is C16H19NO. The van der Waals surface area contributed by atoms with E-state index in [1.54, 1.807) is 0 Å². The third-order valence-corrected chi connectivity index (χ3v) is 3.05. The first-order valence-corrected chi connectivity index (χ1v) is 6.25. The standard InChI is InChI=1S/C16H19NO/c1-17(13-14-7-3-2-4-8-14)16-10-6-5-9-15(16)11-12-18/h2-10,18H,11-13H2,1H3. The lowest BCUT2D eigenvalue weighted by Crippen LogP contribution is -2.18. The van der Waals surface area contributed by atoms with Gasteiger partial charge in [0.2, 0.25) is 0 Å². The van der Waals surface area contributed by atoms with Gasteiger partial charge in [-0.1, -0.05) is 48.5 Å². The summed E-state index contributed by atoms with van der Waals surface area (Å²) in [5, 5.41) is 9.10. The summed E-state index contributed by atoms with van der Waals surface area (Å²) in [5.41, 5.74) is 3.67. The highest BCUT2D eigenvalue weighted by atomic mass is 16.2. The Kier molecular flexibility index (Phi) is 4.37. The summed E-state index contributed by atoms with van der Waals surface area (Å²) in [6.07, 6.45) is 0.704. The Labute approximate surface area is 109 Å². The van der Waals surface area contributed by atoms with Crippen LogP contribution in [0.25, 0.3) is 0 Å². The van der Waals surface area contributed by atoms with E-state index < -0.39 is 0 Å². The van der Waals surface area contributed by atoms with Gasteiger partial charge in [0, 0.05) is 25.9 Å². The van der Waals surface area contributed by atoms with E-state index in [9.17, 15) is 0 Å². The smallest absolute Gasteiger partial charge is 0.0472 e. The van der Waals surface area contributed by atoms with Crippen molar-refractivity contribution in [3.63, 3.8) is 0 Å². The molecule has 0 aliphatic rings. The lowest BCUT2D eigenvalue weighted by atomic mass is 10.1. The predicted octanol–water partition coefficient (Wildman–Crippen LogP) is 2.86. The van der Waals surface area contributed by atoms with Crippen LogP contribution in [0.1, 0.15) is 11.1 Å². The third kappa shape index (κ3) is 3.11. The van der Waals surface area contributed by atoms with Crippen molar-refractivity contribution in [3.05, 3.63) is 65.7 Å². The lowest BCUT2D eigenvalue weighted by molar-refractivity contribution is 0.299. The van der Waals surface area contributed by atoms with Gasteiger partial charge in [0.1, 0.15) is 0 Å². The van der Waals surface area contributed by atoms with Crippen LogP contribution < -0.4 is 4.90 Å². The SMILES string of the molecule is CN(Cc1ccccc1)c1ccccc1CCO. The molecule has 2 aromatic rings. The molecule has 0 radical (unpaired) electrons. The van der Waals surface area contributed by atoms with Gasteiger partial charge in [-0.2, -0.15) is 0 Å². The average Bonchev–Trinajstić information content (AvgIpc) is 2.41. The Morgan fingerprint density at radius 2 is 1.61 bits per heavy atom. The number of benzene rings is 2. The zero-order chi connectivity index (χ0) is 12.8. The van der Waals surface area contributed by atoms with Crippen LogP contribution in [0.4, 0.5) is 5.69 Å². The topological polar surface area (TPSA) is 23.5 Å². The minimum atomic E-state index is 0.191. The Morgan fingerprint density at radius 3 is 2.33 bits per heavy atom. The summed E-state index contributed by atoms with van der Waals surface area (Å²) < 4.78 is 0. The molecule has 2 aromatic carbocycles. The van der Waals surface area contributed by atoms with Gasteiger partial charge >= 0.3 is 0 Å². The van der Waals surface area contributed by atoms with Crippen molar-refractivity contribution in [2.75, 3.05) is 18.6 Å². The van der Waals surface area contributed by atoms with Crippen LogP contribution in [0.15, 0.2) is 54.6 Å². The molecule has 0 atom stereocenters. The van der Waals surface area contributed by atoms with E-state index in [0.29, 0.717) is 6.42 Å². The molecule has 0 unspecified atom stereocenters. The molecule has 2 rings (SSSR count). The molecule has 1 N–H and O–H groups in total. The molecule has 0 bridgehead atoms. The first-order chi connectivity index (χ1) is 8.81. The zero-order valence-corrected chi connectivity index (χ0v) is 10.7. The maximum atomic E-state index is 9.10. The molecule has 0 aliphatic carbocycles. The van der Waals surface area contributed by atoms with Gasteiger partial charge in [0.15, 0.2) is 0 Å². The molecule has 0 saturated heterocycles. The first-order valence-electron chi connectivity index (χ1n) is 6.25. The summed E-state index contributed by atoms with van der Waals surface area (Å²) in [6.45, 7) is 1.07. The number of rotatable bonds is 5. The molecule has 0 heterocycles. The van der Waals surface area contributed by atoms with Crippen molar-refractivity contribution < 1.29 is 5.11 Å². The van der Waals surface area contributed by atoms with Crippen LogP contribution >= 0.6 is 0 Å². The van der Waals surface area contributed by atoms with Crippen molar-refractivity contribution in [1.29, 1.82) is 0 Å². The fraction of sp³-hybridized carbons (Fsp3) is 0.250. The summed E-state index contributed by atoms with van der Waals surface area (Å²) in [5.74, 6) is 0. The molecular weight excluding hydrogens is 222 g/mol. The van der Waals surface area contributed by atoms with Gasteiger partial charge in [-0.05, 0) is 23.6 Å². The number of hydrogen-bond donors (Lipinski definition) is 1. The van der Waals surface area contributed by atoms with Crippen LogP contribution in [0, 0.1) is 0 Å². The van der Waals surface area contributed by atoms with Crippen molar-refractivity contribution in [2.24, 2.45) is 0 Å².